The summed E-state index contributed by atoms with van der Waals surface area (Å²) in [7, 11) is 0. The zero-order chi connectivity index (χ0) is 15.3. The topological polar surface area (TPSA) is 56.3 Å². The predicted octanol–water partition coefficient (Wildman–Crippen LogP) is 3.62. The van der Waals surface area contributed by atoms with Gasteiger partial charge in [-0.2, -0.15) is 0 Å². The van der Waals surface area contributed by atoms with Crippen molar-refractivity contribution < 1.29 is 9.47 Å². The van der Waals surface area contributed by atoms with Gasteiger partial charge in [-0.05, 0) is 39.8 Å². The van der Waals surface area contributed by atoms with Gasteiger partial charge in [0, 0.05) is 5.54 Å². The highest BCUT2D eigenvalue weighted by Crippen LogP contribution is 2.32. The first kappa shape index (κ1) is 15.7. The van der Waals surface area contributed by atoms with Crippen LogP contribution in [0.5, 0.6) is 16.7 Å². The fourth-order valence-electron chi connectivity index (χ4n) is 1.59. The van der Waals surface area contributed by atoms with E-state index in [2.05, 4.69) is 36.3 Å². The molecule has 2 aromatic rings. The quantitative estimate of drug-likeness (QED) is 0.883. The van der Waals surface area contributed by atoms with Crippen LogP contribution in [0.2, 0.25) is 0 Å². The van der Waals surface area contributed by atoms with Crippen LogP contribution in [-0.2, 0) is 6.54 Å². The SMILES string of the molecule is CCOc1ccccc1Oc1nnc(CNC(C)(C)C)s1. The van der Waals surface area contributed by atoms with E-state index in [1.807, 2.05) is 31.2 Å². The second kappa shape index (κ2) is 6.87. The van der Waals surface area contributed by atoms with Crippen molar-refractivity contribution in [3.05, 3.63) is 29.3 Å². The molecule has 114 valence electrons. The molecular formula is C15H21N3O2S. The molecule has 0 saturated carbocycles. The first-order chi connectivity index (χ1) is 9.98. The van der Waals surface area contributed by atoms with Crippen molar-refractivity contribution in [3.63, 3.8) is 0 Å². The molecule has 0 bridgehead atoms. The maximum atomic E-state index is 5.77. The Balaban J connectivity index is 2.02. The molecule has 1 aromatic heterocycles. The molecule has 5 nitrogen and oxygen atoms in total. The fraction of sp³-hybridized carbons (Fsp3) is 0.467. The van der Waals surface area contributed by atoms with Crippen molar-refractivity contribution in [2.24, 2.45) is 0 Å². The van der Waals surface area contributed by atoms with Gasteiger partial charge in [-0.1, -0.05) is 28.6 Å². The molecule has 21 heavy (non-hydrogen) atoms. The Morgan fingerprint density at radius 2 is 1.86 bits per heavy atom. The van der Waals surface area contributed by atoms with Gasteiger partial charge in [-0.15, -0.1) is 5.10 Å². The molecule has 1 N–H and O–H groups in total. The lowest BCUT2D eigenvalue weighted by Gasteiger charge is -2.19. The van der Waals surface area contributed by atoms with Crippen LogP contribution in [0.3, 0.4) is 0 Å². The first-order valence-electron chi connectivity index (χ1n) is 6.95. The molecule has 0 amide bonds. The van der Waals surface area contributed by atoms with Gasteiger partial charge in [0.05, 0.1) is 13.2 Å². The number of hydrogen-bond donors (Lipinski definition) is 1. The molecule has 0 radical (unpaired) electrons. The van der Waals surface area contributed by atoms with E-state index in [0.717, 1.165) is 5.01 Å². The highest BCUT2D eigenvalue weighted by molar-refractivity contribution is 7.13. The summed E-state index contributed by atoms with van der Waals surface area (Å²) in [4.78, 5) is 0. The Bertz CT molecular complexity index is 578. The first-order valence-corrected chi connectivity index (χ1v) is 7.76. The Morgan fingerprint density at radius 1 is 1.14 bits per heavy atom. The molecule has 0 saturated heterocycles. The van der Waals surface area contributed by atoms with E-state index in [1.54, 1.807) is 0 Å². The van der Waals surface area contributed by atoms with Crippen LogP contribution in [0.15, 0.2) is 24.3 Å². The molecule has 0 aliphatic heterocycles. The Morgan fingerprint density at radius 3 is 2.52 bits per heavy atom. The van der Waals surface area contributed by atoms with E-state index in [-0.39, 0.29) is 5.54 Å². The minimum absolute atomic E-state index is 0.0499. The van der Waals surface area contributed by atoms with Crippen molar-refractivity contribution in [1.29, 1.82) is 0 Å². The molecule has 2 rings (SSSR count). The van der Waals surface area contributed by atoms with Crippen molar-refractivity contribution >= 4 is 11.3 Å². The summed E-state index contributed by atoms with van der Waals surface area (Å²) in [5.74, 6) is 1.37. The van der Waals surface area contributed by atoms with Crippen molar-refractivity contribution in [3.8, 4) is 16.7 Å². The molecule has 1 heterocycles. The summed E-state index contributed by atoms with van der Waals surface area (Å²) < 4.78 is 11.3. The van der Waals surface area contributed by atoms with Crippen LogP contribution in [0.4, 0.5) is 0 Å². The average Bonchev–Trinajstić information content (AvgIpc) is 2.86. The third kappa shape index (κ3) is 4.99. The summed E-state index contributed by atoms with van der Waals surface area (Å²) >= 11 is 1.43. The van der Waals surface area contributed by atoms with E-state index in [0.29, 0.717) is 29.8 Å². The van der Waals surface area contributed by atoms with Gasteiger partial charge in [0.1, 0.15) is 5.01 Å². The molecule has 0 atom stereocenters. The molecule has 1 aromatic carbocycles. The highest BCUT2D eigenvalue weighted by Gasteiger charge is 2.13. The second-order valence-electron chi connectivity index (χ2n) is 5.55. The minimum atomic E-state index is 0.0499. The number of rotatable bonds is 6. The van der Waals surface area contributed by atoms with E-state index in [1.165, 1.54) is 11.3 Å². The number of aromatic nitrogens is 2. The zero-order valence-electron chi connectivity index (χ0n) is 12.8. The Kier molecular flexibility index (Phi) is 5.14. The van der Waals surface area contributed by atoms with Crippen molar-refractivity contribution in [1.82, 2.24) is 15.5 Å². The number of hydrogen-bond acceptors (Lipinski definition) is 6. The third-order valence-electron chi connectivity index (χ3n) is 2.56. The van der Waals surface area contributed by atoms with Gasteiger partial charge in [-0.25, -0.2) is 0 Å². The van der Waals surface area contributed by atoms with Gasteiger partial charge in [-0.3, -0.25) is 0 Å². The monoisotopic (exact) mass is 307 g/mol. The van der Waals surface area contributed by atoms with Crippen LogP contribution >= 0.6 is 11.3 Å². The van der Waals surface area contributed by atoms with Gasteiger partial charge >= 0.3 is 0 Å². The van der Waals surface area contributed by atoms with Crippen LogP contribution in [0, 0.1) is 0 Å². The van der Waals surface area contributed by atoms with Gasteiger partial charge in [0.2, 0.25) is 0 Å². The minimum Gasteiger partial charge on any atom is -0.490 e. The summed E-state index contributed by atoms with van der Waals surface area (Å²) in [6.45, 7) is 9.56. The summed E-state index contributed by atoms with van der Waals surface area (Å²) in [5.41, 5.74) is 0.0499. The average molecular weight is 307 g/mol. The smallest absolute Gasteiger partial charge is 0.299 e. The predicted molar refractivity (Wildman–Crippen MR) is 84.2 cm³/mol. The lowest BCUT2D eigenvalue weighted by atomic mass is 10.1. The van der Waals surface area contributed by atoms with Crippen molar-refractivity contribution in [2.75, 3.05) is 6.61 Å². The summed E-state index contributed by atoms with van der Waals surface area (Å²) in [5, 5.41) is 13.0. The normalized spacial score (nSPS) is 11.4. The lowest BCUT2D eigenvalue weighted by molar-refractivity contribution is 0.320. The molecule has 0 unspecified atom stereocenters. The maximum absolute atomic E-state index is 5.77. The van der Waals surface area contributed by atoms with Crippen LogP contribution in [0.25, 0.3) is 0 Å². The van der Waals surface area contributed by atoms with Crippen molar-refractivity contribution in [2.45, 2.75) is 39.8 Å². The number of benzene rings is 1. The number of para-hydroxylation sites is 2. The number of nitrogens with one attached hydrogen (secondary N) is 1. The van der Waals surface area contributed by atoms with E-state index in [9.17, 15) is 0 Å². The second-order valence-corrected chi connectivity index (χ2v) is 6.57. The maximum Gasteiger partial charge on any atom is 0.299 e. The number of nitrogens with zero attached hydrogens (tertiary/aromatic N) is 2. The van der Waals surface area contributed by atoms with Crippen LogP contribution < -0.4 is 14.8 Å². The molecule has 6 heteroatoms. The van der Waals surface area contributed by atoms with Gasteiger partial charge in [0.25, 0.3) is 5.19 Å². The summed E-state index contributed by atoms with van der Waals surface area (Å²) in [6.07, 6.45) is 0. The van der Waals surface area contributed by atoms with E-state index in [4.69, 9.17) is 9.47 Å². The Hall–Kier alpha value is -1.66. The molecule has 0 fully saturated rings. The number of ether oxygens (including phenoxy) is 2. The third-order valence-corrected chi connectivity index (χ3v) is 3.37. The van der Waals surface area contributed by atoms with E-state index >= 15 is 0 Å². The summed E-state index contributed by atoms with van der Waals surface area (Å²) in [6, 6.07) is 7.55. The largest absolute Gasteiger partial charge is 0.490 e. The van der Waals surface area contributed by atoms with Gasteiger partial charge < -0.3 is 14.8 Å². The molecule has 0 spiro atoms. The molecule has 0 aliphatic carbocycles. The fourth-order valence-corrected chi connectivity index (χ4v) is 2.24. The molecular weight excluding hydrogens is 286 g/mol. The molecule has 0 aliphatic rings. The lowest BCUT2D eigenvalue weighted by Crippen LogP contribution is -2.35. The highest BCUT2D eigenvalue weighted by atomic mass is 32.1. The van der Waals surface area contributed by atoms with Crippen LogP contribution in [-0.4, -0.2) is 22.3 Å². The van der Waals surface area contributed by atoms with Gasteiger partial charge in [0.15, 0.2) is 11.5 Å². The Labute approximate surface area is 129 Å². The van der Waals surface area contributed by atoms with E-state index < -0.39 is 0 Å². The zero-order valence-corrected chi connectivity index (χ0v) is 13.7. The van der Waals surface area contributed by atoms with Crippen LogP contribution in [0.1, 0.15) is 32.7 Å². The standard InChI is InChI=1S/C15H21N3O2S/c1-5-19-11-8-6-7-9-12(11)20-14-18-17-13(21-14)10-16-15(2,3)4/h6-9,16H,5,10H2,1-4H3.